The molecule has 0 spiro atoms. The van der Waals surface area contributed by atoms with E-state index in [1.807, 2.05) is 0 Å². The van der Waals surface area contributed by atoms with Gasteiger partial charge in [0.25, 0.3) is 0 Å². The number of nitrogens with one attached hydrogen (secondary N) is 1. The quantitative estimate of drug-likeness (QED) is 0.847. The van der Waals surface area contributed by atoms with E-state index in [2.05, 4.69) is 77.3 Å². The van der Waals surface area contributed by atoms with Crippen LogP contribution in [-0.4, -0.2) is 37.6 Å². The average Bonchev–Trinajstić information content (AvgIpc) is 2.33. The number of likely N-dealkylation sites (N-methyl/N-ethyl adjacent to an activating group) is 2. The first-order valence-electron chi connectivity index (χ1n) is 7.25. The molecule has 1 N–H and O–H groups in total. The van der Waals surface area contributed by atoms with Crippen molar-refractivity contribution in [3.63, 3.8) is 0 Å². The Bertz CT molecular complexity index is 391. The van der Waals surface area contributed by atoms with Crippen LogP contribution in [0.1, 0.15) is 37.0 Å². The monoisotopic (exact) mass is 262 g/mol. The van der Waals surface area contributed by atoms with Gasteiger partial charge in [-0.25, -0.2) is 0 Å². The third-order valence-electron chi connectivity index (χ3n) is 4.56. The van der Waals surface area contributed by atoms with E-state index in [1.54, 1.807) is 0 Å². The Balaban J connectivity index is 2.98. The zero-order valence-electron chi connectivity index (χ0n) is 13.7. The fourth-order valence-corrected chi connectivity index (χ4v) is 2.93. The van der Waals surface area contributed by atoms with Gasteiger partial charge in [-0.3, -0.25) is 0 Å². The van der Waals surface area contributed by atoms with Crippen LogP contribution in [0.4, 0.5) is 0 Å². The number of hydrogen-bond donors (Lipinski definition) is 1. The second kappa shape index (κ2) is 6.53. The number of rotatable bonds is 6. The summed E-state index contributed by atoms with van der Waals surface area (Å²) in [4.78, 5) is 2.34. The van der Waals surface area contributed by atoms with Gasteiger partial charge in [0.15, 0.2) is 0 Å². The van der Waals surface area contributed by atoms with Crippen LogP contribution >= 0.6 is 0 Å². The Kier molecular flexibility index (Phi) is 5.57. The van der Waals surface area contributed by atoms with Crippen LogP contribution in [0.3, 0.4) is 0 Å². The van der Waals surface area contributed by atoms with Crippen molar-refractivity contribution in [2.75, 3.05) is 21.1 Å². The van der Waals surface area contributed by atoms with Crippen molar-refractivity contribution in [1.29, 1.82) is 0 Å². The van der Waals surface area contributed by atoms with Crippen molar-refractivity contribution in [1.82, 2.24) is 10.2 Å². The van der Waals surface area contributed by atoms with Gasteiger partial charge in [-0.2, -0.15) is 0 Å². The fraction of sp³-hybridized carbons (Fsp3) is 0.647. The summed E-state index contributed by atoms with van der Waals surface area (Å²) >= 11 is 0. The molecule has 0 aliphatic rings. The number of hydrogen-bond acceptors (Lipinski definition) is 2. The summed E-state index contributed by atoms with van der Waals surface area (Å²) in [6, 6.07) is 7.31. The van der Waals surface area contributed by atoms with E-state index in [0.29, 0.717) is 6.04 Å². The molecule has 0 amide bonds. The van der Waals surface area contributed by atoms with Gasteiger partial charge >= 0.3 is 0 Å². The van der Waals surface area contributed by atoms with Crippen molar-refractivity contribution in [3.8, 4) is 0 Å². The Labute approximate surface area is 119 Å². The highest BCUT2D eigenvalue weighted by molar-refractivity contribution is 5.29. The molecule has 19 heavy (non-hydrogen) atoms. The third-order valence-corrected chi connectivity index (χ3v) is 4.56. The van der Waals surface area contributed by atoms with E-state index >= 15 is 0 Å². The van der Waals surface area contributed by atoms with E-state index < -0.39 is 0 Å². The molecule has 0 aliphatic carbocycles. The number of benzene rings is 1. The van der Waals surface area contributed by atoms with Gasteiger partial charge < -0.3 is 10.2 Å². The van der Waals surface area contributed by atoms with Crippen LogP contribution in [0.5, 0.6) is 0 Å². The first-order chi connectivity index (χ1) is 8.83. The maximum Gasteiger partial charge on any atom is 0.0328 e. The number of nitrogens with zero attached hydrogens (tertiary/aromatic N) is 1. The Morgan fingerprint density at radius 3 is 2.05 bits per heavy atom. The van der Waals surface area contributed by atoms with E-state index in [-0.39, 0.29) is 5.54 Å². The second-order valence-corrected chi connectivity index (χ2v) is 6.15. The topological polar surface area (TPSA) is 15.3 Å². The molecule has 1 rings (SSSR count). The Morgan fingerprint density at radius 2 is 1.68 bits per heavy atom. The SMILES string of the molecule is CCC(C)(C(Cc1cc(C)cc(C)c1)NC)N(C)C. The van der Waals surface area contributed by atoms with E-state index in [9.17, 15) is 0 Å². The smallest absolute Gasteiger partial charge is 0.0328 e. The molecule has 0 radical (unpaired) electrons. The lowest BCUT2D eigenvalue weighted by Crippen LogP contribution is -2.56. The maximum absolute atomic E-state index is 3.52. The molecule has 0 saturated heterocycles. The van der Waals surface area contributed by atoms with Crippen LogP contribution in [0.15, 0.2) is 18.2 Å². The largest absolute Gasteiger partial charge is 0.315 e. The zero-order chi connectivity index (χ0) is 14.6. The van der Waals surface area contributed by atoms with Crippen LogP contribution < -0.4 is 5.32 Å². The Morgan fingerprint density at radius 1 is 1.16 bits per heavy atom. The summed E-state index contributed by atoms with van der Waals surface area (Å²) in [6.07, 6.45) is 2.21. The van der Waals surface area contributed by atoms with Gasteiger partial charge in [-0.05, 0) is 60.3 Å². The maximum atomic E-state index is 3.52. The van der Waals surface area contributed by atoms with Crippen molar-refractivity contribution in [2.24, 2.45) is 0 Å². The minimum Gasteiger partial charge on any atom is -0.315 e. The molecular formula is C17H30N2. The van der Waals surface area contributed by atoms with Crippen LogP contribution in [0.2, 0.25) is 0 Å². The molecule has 0 fully saturated rings. The highest BCUT2D eigenvalue weighted by Gasteiger charge is 2.33. The lowest BCUT2D eigenvalue weighted by atomic mass is 9.83. The van der Waals surface area contributed by atoms with Crippen molar-refractivity contribution in [2.45, 2.75) is 52.1 Å². The average molecular weight is 262 g/mol. The molecule has 2 unspecified atom stereocenters. The molecule has 0 saturated carbocycles. The highest BCUT2D eigenvalue weighted by atomic mass is 15.2. The van der Waals surface area contributed by atoms with Gasteiger partial charge in [0, 0.05) is 11.6 Å². The standard InChI is InChI=1S/C17H30N2/c1-8-17(4,19(6)7)16(18-5)12-15-10-13(2)9-14(3)11-15/h9-11,16,18H,8,12H2,1-7H3. The van der Waals surface area contributed by atoms with Gasteiger partial charge in [-0.1, -0.05) is 36.2 Å². The molecule has 2 nitrogen and oxygen atoms in total. The molecule has 0 aromatic heterocycles. The summed E-state index contributed by atoms with van der Waals surface area (Å²) in [5, 5.41) is 3.52. The molecule has 0 bridgehead atoms. The zero-order valence-corrected chi connectivity index (χ0v) is 13.7. The molecule has 0 heterocycles. The third kappa shape index (κ3) is 3.80. The molecule has 2 heteroatoms. The summed E-state index contributed by atoms with van der Waals surface area (Å²) in [7, 11) is 6.43. The summed E-state index contributed by atoms with van der Waals surface area (Å²) in [5.74, 6) is 0. The predicted octanol–water partition coefficient (Wildman–Crippen LogP) is 3.16. The van der Waals surface area contributed by atoms with Crippen molar-refractivity contribution in [3.05, 3.63) is 34.9 Å². The van der Waals surface area contributed by atoms with Gasteiger partial charge in [0.2, 0.25) is 0 Å². The second-order valence-electron chi connectivity index (χ2n) is 6.15. The lowest BCUT2D eigenvalue weighted by Gasteiger charge is -2.43. The molecule has 108 valence electrons. The van der Waals surface area contributed by atoms with Crippen LogP contribution in [0, 0.1) is 13.8 Å². The lowest BCUT2D eigenvalue weighted by molar-refractivity contribution is 0.116. The number of aryl methyl sites for hydroxylation is 2. The van der Waals surface area contributed by atoms with E-state index in [4.69, 9.17) is 0 Å². The van der Waals surface area contributed by atoms with Gasteiger partial charge in [0.1, 0.15) is 0 Å². The molecule has 1 aromatic carbocycles. The molecule has 2 atom stereocenters. The molecule has 0 aliphatic heterocycles. The highest BCUT2D eigenvalue weighted by Crippen LogP contribution is 2.24. The van der Waals surface area contributed by atoms with E-state index in [1.165, 1.54) is 16.7 Å². The normalized spacial score (nSPS) is 16.4. The van der Waals surface area contributed by atoms with Crippen LogP contribution in [-0.2, 0) is 6.42 Å². The fourth-order valence-electron chi connectivity index (χ4n) is 2.93. The van der Waals surface area contributed by atoms with Crippen molar-refractivity contribution < 1.29 is 0 Å². The Hall–Kier alpha value is -0.860. The first-order valence-corrected chi connectivity index (χ1v) is 7.25. The molecular weight excluding hydrogens is 232 g/mol. The minimum absolute atomic E-state index is 0.173. The predicted molar refractivity (Wildman–Crippen MR) is 84.9 cm³/mol. The minimum atomic E-state index is 0.173. The van der Waals surface area contributed by atoms with Gasteiger partial charge in [0.05, 0.1) is 0 Å². The van der Waals surface area contributed by atoms with Crippen LogP contribution in [0.25, 0.3) is 0 Å². The molecule has 1 aromatic rings. The summed E-state index contributed by atoms with van der Waals surface area (Å²) < 4.78 is 0. The van der Waals surface area contributed by atoms with Gasteiger partial charge in [-0.15, -0.1) is 0 Å². The summed E-state index contributed by atoms with van der Waals surface area (Å²) in [6.45, 7) is 8.97. The summed E-state index contributed by atoms with van der Waals surface area (Å²) in [5.41, 5.74) is 4.31. The van der Waals surface area contributed by atoms with E-state index in [0.717, 1.165) is 12.8 Å². The van der Waals surface area contributed by atoms with Crippen molar-refractivity contribution >= 4 is 0 Å². The first kappa shape index (κ1) is 16.2.